The number of nitrogens with one attached hydrogen (secondary N) is 1. The summed E-state index contributed by atoms with van der Waals surface area (Å²) in [6.45, 7) is 8.11. The van der Waals surface area contributed by atoms with Gasteiger partial charge in [-0.15, -0.1) is 0 Å². The van der Waals surface area contributed by atoms with E-state index in [1.165, 1.54) is 0 Å². The van der Waals surface area contributed by atoms with Gasteiger partial charge in [-0.3, -0.25) is 10.1 Å². The molecule has 0 aromatic heterocycles. The van der Waals surface area contributed by atoms with Gasteiger partial charge < -0.3 is 4.90 Å². The number of rotatable bonds is 6. The minimum atomic E-state index is 0.0505. The minimum Gasteiger partial charge on any atom is -0.329 e. The maximum Gasteiger partial charge on any atom is 0.241 e. The summed E-state index contributed by atoms with van der Waals surface area (Å²) in [5, 5.41) is 3.95. The molecule has 0 bridgehead atoms. The second-order valence-corrected chi connectivity index (χ2v) is 5.94. The molecule has 0 saturated carbocycles. The molecule has 0 radical (unpaired) electrons. The highest BCUT2D eigenvalue weighted by atomic mass is 32.2. The molecular formula is C12H24N2OS. The van der Waals surface area contributed by atoms with Gasteiger partial charge in [-0.2, -0.15) is 11.8 Å². The molecule has 0 spiro atoms. The van der Waals surface area contributed by atoms with E-state index in [1.807, 2.05) is 16.7 Å². The van der Waals surface area contributed by atoms with E-state index in [1.54, 1.807) is 0 Å². The van der Waals surface area contributed by atoms with E-state index in [-0.39, 0.29) is 6.04 Å². The van der Waals surface area contributed by atoms with Crippen LogP contribution in [-0.2, 0) is 4.79 Å². The lowest BCUT2D eigenvalue weighted by Gasteiger charge is -2.19. The van der Waals surface area contributed by atoms with Crippen LogP contribution < -0.4 is 5.32 Å². The molecule has 0 aliphatic carbocycles. The number of hydrogen-bond donors (Lipinski definition) is 1. The predicted molar refractivity (Wildman–Crippen MR) is 70.6 cm³/mol. The highest BCUT2D eigenvalue weighted by molar-refractivity contribution is 7.99. The van der Waals surface area contributed by atoms with Crippen molar-refractivity contribution in [3.05, 3.63) is 0 Å². The molecule has 1 saturated heterocycles. The Kier molecular flexibility index (Phi) is 5.62. The van der Waals surface area contributed by atoms with Gasteiger partial charge in [-0.1, -0.05) is 27.2 Å². The lowest BCUT2D eigenvalue weighted by Crippen LogP contribution is -2.36. The van der Waals surface area contributed by atoms with Crippen LogP contribution in [0.15, 0.2) is 0 Å². The minimum absolute atomic E-state index is 0.0505. The van der Waals surface area contributed by atoms with Crippen LogP contribution in [0.25, 0.3) is 0 Å². The third kappa shape index (κ3) is 3.39. The number of amides is 1. The first-order valence-electron chi connectivity index (χ1n) is 6.15. The van der Waals surface area contributed by atoms with Crippen molar-refractivity contribution in [1.29, 1.82) is 0 Å². The van der Waals surface area contributed by atoms with Crippen molar-refractivity contribution in [2.24, 2.45) is 5.92 Å². The Morgan fingerprint density at radius 1 is 1.56 bits per heavy atom. The third-order valence-corrected chi connectivity index (χ3v) is 4.54. The van der Waals surface area contributed by atoms with E-state index in [9.17, 15) is 4.79 Å². The van der Waals surface area contributed by atoms with E-state index in [0.717, 1.165) is 26.1 Å². The molecule has 1 fully saturated rings. The van der Waals surface area contributed by atoms with Gasteiger partial charge in [-0.05, 0) is 18.6 Å². The standard InChI is InChI=1S/C12H24N2OS/c1-5-9(2)11-12(15)14(8-13-11)7-6-10(3)16-4/h9-11,13H,5-8H2,1-4H3. The summed E-state index contributed by atoms with van der Waals surface area (Å²) in [4.78, 5) is 14.0. The first-order valence-corrected chi connectivity index (χ1v) is 7.43. The van der Waals surface area contributed by atoms with Crippen LogP contribution in [-0.4, -0.2) is 41.6 Å². The van der Waals surface area contributed by atoms with E-state index in [4.69, 9.17) is 0 Å². The maximum atomic E-state index is 12.1. The topological polar surface area (TPSA) is 32.3 Å². The lowest BCUT2D eigenvalue weighted by atomic mass is 9.99. The first-order chi connectivity index (χ1) is 7.60. The van der Waals surface area contributed by atoms with Gasteiger partial charge in [0.2, 0.25) is 5.91 Å². The fraction of sp³-hybridized carbons (Fsp3) is 0.917. The number of hydrogen-bond acceptors (Lipinski definition) is 3. The van der Waals surface area contributed by atoms with Crippen LogP contribution >= 0.6 is 11.8 Å². The zero-order valence-corrected chi connectivity index (χ0v) is 11.6. The SMILES string of the molecule is CCC(C)C1NCN(CCC(C)SC)C1=O. The maximum absolute atomic E-state index is 12.1. The lowest BCUT2D eigenvalue weighted by molar-refractivity contribution is -0.129. The van der Waals surface area contributed by atoms with Crippen molar-refractivity contribution < 1.29 is 4.79 Å². The molecule has 4 heteroatoms. The Morgan fingerprint density at radius 2 is 2.25 bits per heavy atom. The Morgan fingerprint density at radius 3 is 2.81 bits per heavy atom. The molecule has 1 rings (SSSR count). The second-order valence-electron chi connectivity index (χ2n) is 4.66. The zero-order valence-electron chi connectivity index (χ0n) is 10.8. The van der Waals surface area contributed by atoms with Gasteiger partial charge in [0.05, 0.1) is 12.7 Å². The van der Waals surface area contributed by atoms with Crippen LogP contribution in [0.4, 0.5) is 0 Å². The van der Waals surface area contributed by atoms with Gasteiger partial charge in [-0.25, -0.2) is 0 Å². The summed E-state index contributed by atoms with van der Waals surface area (Å²) in [7, 11) is 0. The fourth-order valence-electron chi connectivity index (χ4n) is 1.90. The molecule has 0 aromatic carbocycles. The molecule has 1 N–H and O–H groups in total. The quantitative estimate of drug-likeness (QED) is 0.775. The van der Waals surface area contributed by atoms with Crippen molar-refractivity contribution in [2.75, 3.05) is 19.5 Å². The van der Waals surface area contributed by atoms with Crippen LogP contribution in [0, 0.1) is 5.92 Å². The molecule has 3 nitrogen and oxygen atoms in total. The van der Waals surface area contributed by atoms with Crippen LogP contribution in [0.5, 0.6) is 0 Å². The van der Waals surface area contributed by atoms with Crippen molar-refractivity contribution in [2.45, 2.75) is 44.9 Å². The molecule has 0 aromatic rings. The van der Waals surface area contributed by atoms with E-state index in [2.05, 4.69) is 32.3 Å². The average Bonchev–Trinajstić information content (AvgIpc) is 2.66. The first kappa shape index (κ1) is 13.8. The van der Waals surface area contributed by atoms with Gasteiger partial charge in [0.15, 0.2) is 0 Å². The Hall–Kier alpha value is -0.220. The summed E-state index contributed by atoms with van der Waals surface area (Å²) < 4.78 is 0. The Labute approximate surface area is 103 Å². The zero-order chi connectivity index (χ0) is 12.1. The summed E-state index contributed by atoms with van der Waals surface area (Å²) in [5.41, 5.74) is 0. The van der Waals surface area contributed by atoms with Gasteiger partial charge in [0.1, 0.15) is 0 Å². The molecule has 3 unspecified atom stereocenters. The van der Waals surface area contributed by atoms with Crippen molar-refractivity contribution in [1.82, 2.24) is 10.2 Å². The normalized spacial score (nSPS) is 24.9. The predicted octanol–water partition coefficient (Wildman–Crippen LogP) is 1.93. The van der Waals surface area contributed by atoms with Gasteiger partial charge in [0.25, 0.3) is 0 Å². The van der Waals surface area contributed by atoms with Crippen molar-refractivity contribution in [3.8, 4) is 0 Å². The van der Waals surface area contributed by atoms with E-state index in [0.29, 0.717) is 17.1 Å². The largest absolute Gasteiger partial charge is 0.329 e. The van der Waals surface area contributed by atoms with Crippen molar-refractivity contribution >= 4 is 17.7 Å². The molecule has 3 atom stereocenters. The monoisotopic (exact) mass is 244 g/mol. The van der Waals surface area contributed by atoms with Gasteiger partial charge in [0, 0.05) is 11.8 Å². The smallest absolute Gasteiger partial charge is 0.241 e. The molecule has 1 heterocycles. The summed E-state index contributed by atoms with van der Waals surface area (Å²) in [6.07, 6.45) is 4.26. The molecule has 1 aliphatic rings. The van der Waals surface area contributed by atoms with Crippen molar-refractivity contribution in [3.63, 3.8) is 0 Å². The van der Waals surface area contributed by atoms with E-state index < -0.39 is 0 Å². The number of carbonyl (C=O) groups is 1. The summed E-state index contributed by atoms with van der Waals surface area (Å²) >= 11 is 1.86. The van der Waals surface area contributed by atoms with Crippen LogP contribution in [0.3, 0.4) is 0 Å². The van der Waals surface area contributed by atoms with E-state index >= 15 is 0 Å². The number of carbonyl (C=O) groups excluding carboxylic acids is 1. The number of nitrogens with zero attached hydrogens (tertiary/aromatic N) is 1. The van der Waals surface area contributed by atoms with Crippen LogP contribution in [0.1, 0.15) is 33.6 Å². The highest BCUT2D eigenvalue weighted by Gasteiger charge is 2.33. The molecule has 1 aliphatic heterocycles. The second kappa shape index (κ2) is 6.50. The fourth-order valence-corrected chi connectivity index (χ4v) is 2.24. The average molecular weight is 244 g/mol. The highest BCUT2D eigenvalue weighted by Crippen LogP contribution is 2.17. The number of thioether (sulfide) groups is 1. The molecule has 94 valence electrons. The third-order valence-electron chi connectivity index (χ3n) is 3.50. The summed E-state index contributed by atoms with van der Waals surface area (Å²) in [6, 6.07) is 0.0505. The Balaban J connectivity index is 2.39. The van der Waals surface area contributed by atoms with Gasteiger partial charge >= 0.3 is 0 Å². The molecule has 1 amide bonds. The molecule has 16 heavy (non-hydrogen) atoms. The Bertz CT molecular complexity index is 235. The van der Waals surface area contributed by atoms with Crippen LogP contribution in [0.2, 0.25) is 0 Å². The molecular weight excluding hydrogens is 220 g/mol. The summed E-state index contributed by atoms with van der Waals surface area (Å²) in [5.74, 6) is 0.734.